The van der Waals surface area contributed by atoms with E-state index >= 15 is 0 Å². The lowest BCUT2D eigenvalue weighted by Crippen LogP contribution is -2.44. The van der Waals surface area contributed by atoms with Crippen LogP contribution in [0.5, 0.6) is 0 Å². The maximum Gasteiger partial charge on any atom is 0.326 e. The summed E-state index contributed by atoms with van der Waals surface area (Å²) in [5, 5.41) is 12.0. The van der Waals surface area contributed by atoms with Gasteiger partial charge in [0.15, 0.2) is 0 Å². The van der Waals surface area contributed by atoms with Crippen molar-refractivity contribution in [3.63, 3.8) is 0 Å². The molecule has 1 aliphatic rings. The average Bonchev–Trinajstić information content (AvgIpc) is 2.81. The zero-order valence-corrected chi connectivity index (χ0v) is 12.2. The third kappa shape index (κ3) is 3.52. The molecule has 0 radical (unpaired) electrons. The Morgan fingerprint density at radius 1 is 1.48 bits per heavy atom. The molecule has 1 fully saturated rings. The fraction of sp³-hybridized carbons (Fsp3) is 0.467. The predicted octanol–water partition coefficient (Wildman–Crippen LogP) is 2.16. The van der Waals surface area contributed by atoms with Gasteiger partial charge in [0, 0.05) is 19.3 Å². The van der Waals surface area contributed by atoms with Gasteiger partial charge >= 0.3 is 12.0 Å². The Balaban J connectivity index is 2.07. The van der Waals surface area contributed by atoms with E-state index in [1.165, 1.54) is 4.90 Å². The summed E-state index contributed by atoms with van der Waals surface area (Å²) in [6.07, 6.45) is 0.702. The molecule has 2 unspecified atom stereocenters. The van der Waals surface area contributed by atoms with Gasteiger partial charge in [0.1, 0.15) is 6.04 Å². The summed E-state index contributed by atoms with van der Waals surface area (Å²) in [4.78, 5) is 24.9. The van der Waals surface area contributed by atoms with E-state index in [9.17, 15) is 14.7 Å². The van der Waals surface area contributed by atoms with Crippen LogP contribution in [0.1, 0.15) is 18.9 Å². The Labute approximate surface area is 123 Å². The van der Waals surface area contributed by atoms with Crippen molar-refractivity contribution >= 4 is 17.7 Å². The summed E-state index contributed by atoms with van der Waals surface area (Å²) in [7, 11) is 1.61. The van der Waals surface area contributed by atoms with E-state index in [4.69, 9.17) is 4.74 Å². The molecule has 6 nitrogen and oxygen atoms in total. The minimum absolute atomic E-state index is 0.0342. The number of carbonyl (C=O) groups is 2. The van der Waals surface area contributed by atoms with E-state index in [-0.39, 0.29) is 11.9 Å². The van der Waals surface area contributed by atoms with Crippen LogP contribution in [-0.2, 0) is 16.1 Å². The van der Waals surface area contributed by atoms with E-state index in [0.717, 1.165) is 5.56 Å². The smallest absolute Gasteiger partial charge is 0.326 e. The molecule has 0 saturated carbocycles. The second-order valence-corrected chi connectivity index (χ2v) is 5.31. The second kappa shape index (κ2) is 6.58. The van der Waals surface area contributed by atoms with Gasteiger partial charge < -0.3 is 20.1 Å². The standard InChI is InChI=1S/C15H20N2O4/c1-10-6-7-17(13(10)14(18)19)15(20)16-12-5-3-4-11(8-12)9-21-2/h3-5,8,10,13H,6-7,9H2,1-2H3,(H,16,20)(H,18,19). The van der Waals surface area contributed by atoms with Crippen molar-refractivity contribution in [1.82, 2.24) is 4.90 Å². The minimum Gasteiger partial charge on any atom is -0.480 e. The zero-order chi connectivity index (χ0) is 15.4. The van der Waals surface area contributed by atoms with Crippen LogP contribution in [0, 0.1) is 5.92 Å². The van der Waals surface area contributed by atoms with Crippen molar-refractivity contribution in [1.29, 1.82) is 0 Å². The first kappa shape index (κ1) is 15.3. The van der Waals surface area contributed by atoms with Crippen molar-refractivity contribution < 1.29 is 19.4 Å². The highest BCUT2D eigenvalue weighted by molar-refractivity contribution is 5.92. The van der Waals surface area contributed by atoms with Crippen LogP contribution >= 0.6 is 0 Å². The van der Waals surface area contributed by atoms with Crippen molar-refractivity contribution in [2.45, 2.75) is 26.0 Å². The van der Waals surface area contributed by atoms with E-state index < -0.39 is 12.0 Å². The van der Waals surface area contributed by atoms with Crippen LogP contribution in [0.25, 0.3) is 0 Å². The summed E-state index contributed by atoms with van der Waals surface area (Å²) < 4.78 is 5.05. The molecule has 2 rings (SSSR count). The van der Waals surface area contributed by atoms with Crippen molar-refractivity contribution in [2.75, 3.05) is 19.0 Å². The lowest BCUT2D eigenvalue weighted by atomic mass is 10.0. The molecule has 0 aliphatic carbocycles. The van der Waals surface area contributed by atoms with Crippen molar-refractivity contribution in [3.05, 3.63) is 29.8 Å². The SMILES string of the molecule is COCc1cccc(NC(=O)N2CCC(C)C2C(=O)O)c1. The molecule has 1 aliphatic heterocycles. The quantitative estimate of drug-likeness (QED) is 0.891. The van der Waals surface area contributed by atoms with Gasteiger partial charge in [-0.25, -0.2) is 9.59 Å². The van der Waals surface area contributed by atoms with Crippen LogP contribution in [0.3, 0.4) is 0 Å². The van der Waals surface area contributed by atoms with Gasteiger partial charge in [0.25, 0.3) is 0 Å². The van der Waals surface area contributed by atoms with Gasteiger partial charge in [-0.15, -0.1) is 0 Å². The maximum atomic E-state index is 12.3. The van der Waals surface area contributed by atoms with E-state index in [0.29, 0.717) is 25.3 Å². The predicted molar refractivity (Wildman–Crippen MR) is 78.1 cm³/mol. The molecule has 1 aromatic carbocycles. The lowest BCUT2D eigenvalue weighted by molar-refractivity contribution is -0.142. The first-order chi connectivity index (χ1) is 10.0. The molecule has 6 heteroatoms. The number of amides is 2. The van der Waals surface area contributed by atoms with Crippen LogP contribution in [0.4, 0.5) is 10.5 Å². The summed E-state index contributed by atoms with van der Waals surface area (Å²) in [6.45, 7) is 2.77. The minimum atomic E-state index is -0.955. The number of carboxylic acids is 1. The molecule has 1 saturated heterocycles. The number of anilines is 1. The normalized spacial score (nSPS) is 21.3. The highest BCUT2D eigenvalue weighted by atomic mass is 16.5. The van der Waals surface area contributed by atoms with E-state index in [1.54, 1.807) is 13.2 Å². The molecule has 0 bridgehead atoms. The Kier molecular flexibility index (Phi) is 4.80. The summed E-state index contributed by atoms with van der Waals surface area (Å²) in [6, 6.07) is 6.18. The summed E-state index contributed by atoms with van der Waals surface area (Å²) in [5.41, 5.74) is 1.58. The number of urea groups is 1. The average molecular weight is 292 g/mol. The van der Waals surface area contributed by atoms with Crippen molar-refractivity contribution in [3.8, 4) is 0 Å². The third-order valence-electron chi connectivity index (χ3n) is 3.70. The fourth-order valence-electron chi connectivity index (χ4n) is 2.65. The Morgan fingerprint density at radius 2 is 2.24 bits per heavy atom. The van der Waals surface area contributed by atoms with Gasteiger partial charge in [0.2, 0.25) is 0 Å². The van der Waals surface area contributed by atoms with Gasteiger partial charge in [0.05, 0.1) is 6.61 Å². The molecular formula is C15H20N2O4. The fourth-order valence-corrected chi connectivity index (χ4v) is 2.65. The Morgan fingerprint density at radius 3 is 2.90 bits per heavy atom. The molecular weight excluding hydrogens is 272 g/mol. The van der Waals surface area contributed by atoms with Crippen molar-refractivity contribution in [2.24, 2.45) is 5.92 Å². The molecule has 1 aromatic rings. The number of hydrogen-bond donors (Lipinski definition) is 2. The van der Waals surface area contributed by atoms with Crippen LogP contribution < -0.4 is 5.32 Å². The van der Waals surface area contributed by atoms with E-state index in [2.05, 4.69) is 5.32 Å². The van der Waals surface area contributed by atoms with Gasteiger partial charge in [-0.3, -0.25) is 0 Å². The first-order valence-electron chi connectivity index (χ1n) is 6.91. The van der Waals surface area contributed by atoms with Crippen LogP contribution in [0.15, 0.2) is 24.3 Å². The monoisotopic (exact) mass is 292 g/mol. The highest BCUT2D eigenvalue weighted by Crippen LogP contribution is 2.25. The van der Waals surface area contributed by atoms with E-state index in [1.807, 2.05) is 25.1 Å². The largest absolute Gasteiger partial charge is 0.480 e. The number of likely N-dealkylation sites (tertiary alicyclic amines) is 1. The third-order valence-corrected chi connectivity index (χ3v) is 3.70. The zero-order valence-electron chi connectivity index (χ0n) is 12.2. The Bertz CT molecular complexity index is 532. The molecule has 0 aromatic heterocycles. The number of methoxy groups -OCH3 is 1. The molecule has 2 amide bonds. The number of hydrogen-bond acceptors (Lipinski definition) is 3. The van der Waals surface area contributed by atoms with Crippen LogP contribution in [0.2, 0.25) is 0 Å². The molecule has 1 heterocycles. The first-order valence-corrected chi connectivity index (χ1v) is 6.91. The summed E-state index contributed by atoms with van der Waals surface area (Å²) >= 11 is 0. The topological polar surface area (TPSA) is 78.9 Å². The number of aliphatic carboxylic acids is 1. The second-order valence-electron chi connectivity index (χ2n) is 5.31. The number of nitrogens with one attached hydrogen (secondary N) is 1. The van der Waals surface area contributed by atoms with Gasteiger partial charge in [-0.2, -0.15) is 0 Å². The van der Waals surface area contributed by atoms with Gasteiger partial charge in [-0.05, 0) is 30.0 Å². The number of benzene rings is 1. The Hall–Kier alpha value is -2.08. The maximum absolute atomic E-state index is 12.3. The van der Waals surface area contributed by atoms with Gasteiger partial charge in [-0.1, -0.05) is 19.1 Å². The van der Waals surface area contributed by atoms with Crippen LogP contribution in [-0.4, -0.2) is 41.7 Å². The number of rotatable bonds is 4. The highest BCUT2D eigenvalue weighted by Gasteiger charge is 2.39. The lowest BCUT2D eigenvalue weighted by Gasteiger charge is -2.23. The molecule has 114 valence electrons. The number of nitrogens with zero attached hydrogens (tertiary/aromatic N) is 1. The number of ether oxygens (including phenoxy) is 1. The molecule has 2 atom stereocenters. The molecule has 2 N–H and O–H groups in total. The number of carboxylic acid groups (broad SMARTS) is 1. The molecule has 21 heavy (non-hydrogen) atoms. The molecule has 0 spiro atoms. The number of carbonyl (C=O) groups excluding carboxylic acids is 1. The summed E-state index contributed by atoms with van der Waals surface area (Å²) in [5.74, 6) is -0.989.